The maximum Gasteiger partial charge on any atom is 0.251 e. The topological polar surface area (TPSA) is 71.1 Å². The molecule has 0 aliphatic carbocycles. The van der Waals surface area contributed by atoms with E-state index in [1.807, 2.05) is 0 Å². The van der Waals surface area contributed by atoms with E-state index in [0.29, 0.717) is 10.7 Å². The van der Waals surface area contributed by atoms with Gasteiger partial charge in [0.15, 0.2) is 5.13 Å². The van der Waals surface area contributed by atoms with Crippen molar-refractivity contribution in [1.29, 1.82) is 0 Å². The first-order valence-electron chi connectivity index (χ1n) is 5.83. The van der Waals surface area contributed by atoms with Crippen molar-refractivity contribution in [2.24, 2.45) is 0 Å². The van der Waals surface area contributed by atoms with Gasteiger partial charge in [0, 0.05) is 21.6 Å². The molecule has 0 fully saturated rings. The van der Waals surface area contributed by atoms with Crippen LogP contribution in [0.25, 0.3) is 0 Å². The maximum atomic E-state index is 12.0. The zero-order chi connectivity index (χ0) is 14.5. The number of thiazole rings is 1. The third-order valence-electron chi connectivity index (χ3n) is 2.51. The van der Waals surface area contributed by atoms with Crippen LogP contribution in [0.5, 0.6) is 0 Å². The van der Waals surface area contributed by atoms with Crippen LogP contribution in [0.3, 0.4) is 0 Å². The van der Waals surface area contributed by atoms with E-state index in [2.05, 4.69) is 31.5 Å². The number of carbonyl (C=O) groups is 2. The van der Waals surface area contributed by atoms with Crippen LogP contribution in [0.15, 0.2) is 40.3 Å². The van der Waals surface area contributed by atoms with E-state index in [4.69, 9.17) is 0 Å². The first kappa shape index (κ1) is 14.7. The second kappa shape index (κ2) is 6.62. The second-order valence-electron chi connectivity index (χ2n) is 4.03. The molecule has 2 N–H and O–H groups in total. The molecular formula is C13H12BrN3O2S. The molecule has 0 unspecified atom stereocenters. The monoisotopic (exact) mass is 353 g/mol. The van der Waals surface area contributed by atoms with Gasteiger partial charge in [0.1, 0.15) is 6.04 Å². The van der Waals surface area contributed by atoms with Crippen molar-refractivity contribution in [3.05, 3.63) is 45.9 Å². The minimum absolute atomic E-state index is 0.292. The smallest absolute Gasteiger partial charge is 0.251 e. The summed E-state index contributed by atoms with van der Waals surface area (Å²) < 4.78 is 0.892. The van der Waals surface area contributed by atoms with E-state index >= 15 is 0 Å². The Morgan fingerprint density at radius 2 is 2.00 bits per heavy atom. The Morgan fingerprint density at radius 1 is 1.30 bits per heavy atom. The normalized spacial score (nSPS) is 11.7. The Bertz CT molecular complexity index is 599. The van der Waals surface area contributed by atoms with E-state index in [9.17, 15) is 9.59 Å². The largest absolute Gasteiger partial charge is 0.341 e. The second-order valence-corrected chi connectivity index (χ2v) is 5.84. The highest BCUT2D eigenvalue weighted by molar-refractivity contribution is 9.10. The Hall–Kier alpha value is -1.73. The molecule has 5 nitrogen and oxygen atoms in total. The molecule has 0 bridgehead atoms. The summed E-state index contributed by atoms with van der Waals surface area (Å²) in [4.78, 5) is 27.8. The maximum absolute atomic E-state index is 12.0. The number of amides is 2. The van der Waals surface area contributed by atoms with Crippen molar-refractivity contribution in [3.63, 3.8) is 0 Å². The lowest BCUT2D eigenvalue weighted by atomic mass is 10.2. The molecule has 1 atom stereocenters. The molecular weight excluding hydrogens is 342 g/mol. The first-order valence-corrected chi connectivity index (χ1v) is 7.50. The van der Waals surface area contributed by atoms with Crippen molar-refractivity contribution in [1.82, 2.24) is 10.3 Å². The van der Waals surface area contributed by atoms with Crippen LogP contribution in [0.2, 0.25) is 0 Å². The minimum atomic E-state index is -0.643. The van der Waals surface area contributed by atoms with E-state index in [0.717, 1.165) is 4.47 Å². The van der Waals surface area contributed by atoms with Crippen LogP contribution in [-0.4, -0.2) is 22.8 Å². The highest BCUT2D eigenvalue weighted by Gasteiger charge is 2.17. The van der Waals surface area contributed by atoms with Crippen LogP contribution < -0.4 is 10.6 Å². The van der Waals surface area contributed by atoms with E-state index in [-0.39, 0.29) is 11.8 Å². The van der Waals surface area contributed by atoms with Crippen LogP contribution in [0.4, 0.5) is 5.13 Å². The number of aromatic nitrogens is 1. The van der Waals surface area contributed by atoms with Crippen molar-refractivity contribution < 1.29 is 9.59 Å². The Balaban J connectivity index is 1.93. The summed E-state index contributed by atoms with van der Waals surface area (Å²) in [6, 6.07) is 6.27. The standard InChI is InChI=1S/C13H12BrN3O2S/c1-8(11(18)17-13-15-6-7-20-13)16-12(19)9-2-4-10(14)5-3-9/h2-8H,1H3,(H,16,19)(H,15,17,18)/t8-/m0/s1. The summed E-state index contributed by atoms with van der Waals surface area (Å²) >= 11 is 4.62. The third kappa shape index (κ3) is 3.88. The molecule has 0 aliphatic rings. The van der Waals surface area contributed by atoms with Gasteiger partial charge >= 0.3 is 0 Å². The lowest BCUT2D eigenvalue weighted by Gasteiger charge is -2.13. The zero-order valence-corrected chi connectivity index (χ0v) is 13.0. The Labute approximate surface area is 128 Å². The highest BCUT2D eigenvalue weighted by atomic mass is 79.9. The summed E-state index contributed by atoms with van der Waals surface area (Å²) in [6.07, 6.45) is 1.60. The van der Waals surface area contributed by atoms with Gasteiger partial charge in [-0.25, -0.2) is 4.98 Å². The van der Waals surface area contributed by atoms with Crippen molar-refractivity contribution in [3.8, 4) is 0 Å². The van der Waals surface area contributed by atoms with Gasteiger partial charge < -0.3 is 10.6 Å². The summed E-state index contributed by atoms with van der Waals surface area (Å²) in [7, 11) is 0. The molecule has 0 saturated carbocycles. The molecule has 7 heteroatoms. The number of benzene rings is 1. The molecule has 0 aliphatic heterocycles. The number of hydrogen-bond acceptors (Lipinski definition) is 4. The van der Waals surface area contributed by atoms with Gasteiger partial charge in [0.25, 0.3) is 5.91 Å². The molecule has 2 aromatic rings. The quantitative estimate of drug-likeness (QED) is 0.887. The lowest BCUT2D eigenvalue weighted by molar-refractivity contribution is -0.117. The Kier molecular flexibility index (Phi) is 4.86. The van der Waals surface area contributed by atoms with Gasteiger partial charge in [-0.3, -0.25) is 9.59 Å². The molecule has 0 radical (unpaired) electrons. The number of carbonyl (C=O) groups excluding carboxylic acids is 2. The lowest BCUT2D eigenvalue weighted by Crippen LogP contribution is -2.41. The van der Waals surface area contributed by atoms with E-state index < -0.39 is 6.04 Å². The summed E-state index contributed by atoms with van der Waals surface area (Å²) in [5.74, 6) is -0.593. The van der Waals surface area contributed by atoms with Crippen LogP contribution in [0.1, 0.15) is 17.3 Å². The predicted molar refractivity (Wildman–Crippen MR) is 81.8 cm³/mol. The molecule has 2 amide bonds. The molecule has 0 spiro atoms. The number of nitrogens with one attached hydrogen (secondary N) is 2. The van der Waals surface area contributed by atoms with Crippen LogP contribution in [0, 0.1) is 0 Å². The average molecular weight is 354 g/mol. The van der Waals surface area contributed by atoms with Gasteiger partial charge in [0.2, 0.25) is 5.91 Å². The van der Waals surface area contributed by atoms with E-state index in [1.54, 1.807) is 42.8 Å². The predicted octanol–water partition coefficient (Wildman–Crippen LogP) is 2.66. The summed E-state index contributed by atoms with van der Waals surface area (Å²) in [5.41, 5.74) is 0.502. The minimum Gasteiger partial charge on any atom is -0.341 e. The molecule has 104 valence electrons. The van der Waals surface area contributed by atoms with Gasteiger partial charge in [0.05, 0.1) is 0 Å². The third-order valence-corrected chi connectivity index (χ3v) is 3.73. The molecule has 1 heterocycles. The summed E-state index contributed by atoms with van der Waals surface area (Å²) in [6.45, 7) is 1.62. The molecule has 2 rings (SSSR count). The van der Waals surface area contributed by atoms with Gasteiger partial charge in [-0.1, -0.05) is 15.9 Å². The number of anilines is 1. The number of rotatable bonds is 4. The van der Waals surface area contributed by atoms with Crippen LogP contribution in [-0.2, 0) is 4.79 Å². The molecule has 0 saturated heterocycles. The van der Waals surface area contributed by atoms with Crippen molar-refractivity contribution >= 4 is 44.2 Å². The van der Waals surface area contributed by atoms with Crippen molar-refractivity contribution in [2.75, 3.05) is 5.32 Å². The van der Waals surface area contributed by atoms with Gasteiger partial charge in [-0.05, 0) is 31.2 Å². The SMILES string of the molecule is C[C@H](NC(=O)c1ccc(Br)cc1)C(=O)Nc1nccs1. The van der Waals surface area contributed by atoms with Crippen molar-refractivity contribution in [2.45, 2.75) is 13.0 Å². The average Bonchev–Trinajstić information content (AvgIpc) is 2.92. The molecule has 1 aromatic carbocycles. The van der Waals surface area contributed by atoms with Crippen LogP contribution >= 0.6 is 27.3 Å². The van der Waals surface area contributed by atoms with E-state index in [1.165, 1.54) is 11.3 Å². The fourth-order valence-electron chi connectivity index (χ4n) is 1.45. The number of hydrogen-bond donors (Lipinski definition) is 2. The van der Waals surface area contributed by atoms with Gasteiger partial charge in [-0.15, -0.1) is 11.3 Å². The molecule has 1 aromatic heterocycles. The zero-order valence-electron chi connectivity index (χ0n) is 10.6. The number of nitrogens with zero attached hydrogens (tertiary/aromatic N) is 1. The fraction of sp³-hybridized carbons (Fsp3) is 0.154. The van der Waals surface area contributed by atoms with Gasteiger partial charge in [-0.2, -0.15) is 0 Å². The first-order chi connectivity index (χ1) is 9.56. The number of halogens is 1. The highest BCUT2D eigenvalue weighted by Crippen LogP contribution is 2.12. The Morgan fingerprint density at radius 3 is 2.60 bits per heavy atom. The molecule has 20 heavy (non-hydrogen) atoms. The fourth-order valence-corrected chi connectivity index (χ4v) is 2.24. The summed E-state index contributed by atoms with van der Waals surface area (Å²) in [5, 5.41) is 7.55.